The lowest BCUT2D eigenvalue weighted by Gasteiger charge is -2.34. The van der Waals surface area contributed by atoms with Gasteiger partial charge in [-0.3, -0.25) is 14.6 Å². The maximum absolute atomic E-state index is 11.5. The number of piperidine rings is 1. The largest absolute Gasteiger partial charge is 0.359 e. The second-order valence-corrected chi connectivity index (χ2v) is 6.59. The first-order chi connectivity index (χ1) is 12.5. The Balaban J connectivity index is 0.00000364. The number of guanidine groups is 1. The third-order valence-corrected chi connectivity index (χ3v) is 4.58. The molecule has 1 aliphatic heterocycles. The van der Waals surface area contributed by atoms with Gasteiger partial charge in [-0.2, -0.15) is 0 Å². The van der Waals surface area contributed by atoms with Crippen molar-refractivity contribution in [1.82, 2.24) is 15.5 Å². The van der Waals surface area contributed by atoms with E-state index in [4.69, 9.17) is 0 Å². The standard InChI is InChI=1S/C19H29N5O2.HI/c1-14(25)23-17-6-4-5-16(11-17)13-22-19(21-3)24-9-7-15(8-10-24)12-18(26)20-2;/h4-6,11,15H,7-10,12-13H2,1-3H3,(H,20,26)(H,21,22)(H,23,25);1H. The van der Waals surface area contributed by atoms with Crippen LogP contribution in [-0.4, -0.2) is 49.9 Å². The van der Waals surface area contributed by atoms with Gasteiger partial charge in [0, 0.05) is 52.8 Å². The van der Waals surface area contributed by atoms with Gasteiger partial charge in [-0.25, -0.2) is 0 Å². The van der Waals surface area contributed by atoms with E-state index in [1.54, 1.807) is 14.1 Å². The highest BCUT2D eigenvalue weighted by atomic mass is 127. The molecule has 0 radical (unpaired) electrons. The molecule has 0 atom stereocenters. The van der Waals surface area contributed by atoms with Gasteiger partial charge in [0.1, 0.15) is 0 Å². The van der Waals surface area contributed by atoms with Gasteiger partial charge in [-0.15, -0.1) is 24.0 Å². The van der Waals surface area contributed by atoms with Crippen LogP contribution in [0, 0.1) is 5.92 Å². The van der Waals surface area contributed by atoms with Crippen LogP contribution in [0.15, 0.2) is 29.3 Å². The molecule has 1 heterocycles. The Hall–Kier alpha value is -1.84. The second-order valence-electron chi connectivity index (χ2n) is 6.59. The molecule has 0 spiro atoms. The van der Waals surface area contributed by atoms with Gasteiger partial charge >= 0.3 is 0 Å². The number of rotatable bonds is 5. The molecule has 0 unspecified atom stereocenters. The number of carbonyl (C=O) groups excluding carboxylic acids is 2. The number of nitrogens with zero attached hydrogens (tertiary/aromatic N) is 2. The molecule has 2 rings (SSSR count). The molecule has 1 aromatic rings. The van der Waals surface area contributed by atoms with Crippen molar-refractivity contribution in [1.29, 1.82) is 0 Å². The van der Waals surface area contributed by atoms with Crippen LogP contribution in [-0.2, 0) is 16.1 Å². The van der Waals surface area contributed by atoms with E-state index < -0.39 is 0 Å². The predicted molar refractivity (Wildman–Crippen MR) is 119 cm³/mol. The fourth-order valence-corrected chi connectivity index (χ4v) is 3.19. The number of aliphatic imine (C=N–C) groups is 1. The summed E-state index contributed by atoms with van der Waals surface area (Å²) in [5.41, 5.74) is 1.87. The molecule has 1 saturated heterocycles. The summed E-state index contributed by atoms with van der Waals surface area (Å²) < 4.78 is 0. The number of amides is 2. The lowest BCUT2D eigenvalue weighted by Crippen LogP contribution is -2.45. The van der Waals surface area contributed by atoms with E-state index in [2.05, 4.69) is 25.8 Å². The monoisotopic (exact) mass is 487 g/mol. The van der Waals surface area contributed by atoms with Crippen molar-refractivity contribution < 1.29 is 9.59 Å². The molecular weight excluding hydrogens is 457 g/mol. The van der Waals surface area contributed by atoms with E-state index in [1.807, 2.05) is 24.3 Å². The summed E-state index contributed by atoms with van der Waals surface area (Å²) in [6.07, 6.45) is 2.59. The van der Waals surface area contributed by atoms with Gasteiger partial charge in [0.05, 0.1) is 0 Å². The third kappa shape index (κ3) is 7.74. The van der Waals surface area contributed by atoms with Crippen LogP contribution in [0.3, 0.4) is 0 Å². The summed E-state index contributed by atoms with van der Waals surface area (Å²) in [5.74, 6) is 1.35. The summed E-state index contributed by atoms with van der Waals surface area (Å²) in [6.45, 7) is 3.93. The zero-order chi connectivity index (χ0) is 18.9. The Morgan fingerprint density at radius 2 is 1.96 bits per heavy atom. The average molecular weight is 487 g/mol. The lowest BCUT2D eigenvalue weighted by molar-refractivity contribution is -0.121. The highest BCUT2D eigenvalue weighted by molar-refractivity contribution is 14.0. The molecule has 3 N–H and O–H groups in total. The van der Waals surface area contributed by atoms with E-state index in [0.29, 0.717) is 18.9 Å². The number of hydrogen-bond donors (Lipinski definition) is 3. The van der Waals surface area contributed by atoms with Crippen molar-refractivity contribution in [3.63, 3.8) is 0 Å². The summed E-state index contributed by atoms with van der Waals surface area (Å²) >= 11 is 0. The van der Waals surface area contributed by atoms with Crippen molar-refractivity contribution in [2.24, 2.45) is 10.9 Å². The maximum Gasteiger partial charge on any atom is 0.221 e. The number of halogens is 1. The minimum atomic E-state index is -0.0782. The molecule has 0 aliphatic carbocycles. The summed E-state index contributed by atoms with van der Waals surface area (Å²) in [4.78, 5) is 29.3. The molecule has 7 nitrogen and oxygen atoms in total. The molecule has 8 heteroatoms. The zero-order valence-corrected chi connectivity index (χ0v) is 18.6. The van der Waals surface area contributed by atoms with Crippen LogP contribution < -0.4 is 16.0 Å². The van der Waals surface area contributed by atoms with Crippen molar-refractivity contribution in [2.45, 2.75) is 32.7 Å². The fourth-order valence-electron chi connectivity index (χ4n) is 3.19. The van der Waals surface area contributed by atoms with E-state index in [-0.39, 0.29) is 35.8 Å². The molecule has 1 aliphatic rings. The molecular formula is C19H30IN5O2. The van der Waals surface area contributed by atoms with Gasteiger partial charge in [0.15, 0.2) is 5.96 Å². The van der Waals surface area contributed by atoms with E-state index in [9.17, 15) is 9.59 Å². The van der Waals surface area contributed by atoms with Gasteiger partial charge in [0.2, 0.25) is 11.8 Å². The van der Waals surface area contributed by atoms with Crippen molar-refractivity contribution >= 4 is 47.4 Å². The number of nitrogens with one attached hydrogen (secondary N) is 3. The molecule has 1 fully saturated rings. The van der Waals surface area contributed by atoms with E-state index >= 15 is 0 Å². The minimum absolute atomic E-state index is 0. The maximum atomic E-state index is 11.5. The summed E-state index contributed by atoms with van der Waals surface area (Å²) in [7, 11) is 3.47. The fraction of sp³-hybridized carbons (Fsp3) is 0.526. The van der Waals surface area contributed by atoms with Crippen LogP contribution in [0.2, 0.25) is 0 Å². The first-order valence-electron chi connectivity index (χ1n) is 9.04. The smallest absolute Gasteiger partial charge is 0.221 e. The molecule has 1 aromatic carbocycles. The number of carbonyl (C=O) groups is 2. The molecule has 0 saturated carbocycles. The first kappa shape index (κ1) is 23.2. The number of benzene rings is 1. The van der Waals surface area contributed by atoms with Gasteiger partial charge in [0.25, 0.3) is 0 Å². The Bertz CT molecular complexity index is 657. The molecule has 0 aromatic heterocycles. The normalized spacial score (nSPS) is 14.9. The van der Waals surface area contributed by atoms with Crippen molar-refractivity contribution in [3.05, 3.63) is 29.8 Å². The molecule has 0 bridgehead atoms. The van der Waals surface area contributed by atoms with Crippen LogP contribution in [0.25, 0.3) is 0 Å². The van der Waals surface area contributed by atoms with Crippen molar-refractivity contribution in [3.8, 4) is 0 Å². The Kier molecular flexibility index (Phi) is 10.1. The second kappa shape index (κ2) is 11.8. The van der Waals surface area contributed by atoms with E-state index in [1.165, 1.54) is 6.92 Å². The van der Waals surface area contributed by atoms with Crippen molar-refractivity contribution in [2.75, 3.05) is 32.5 Å². The Morgan fingerprint density at radius 1 is 1.26 bits per heavy atom. The highest BCUT2D eigenvalue weighted by Gasteiger charge is 2.22. The minimum Gasteiger partial charge on any atom is -0.359 e. The van der Waals surface area contributed by atoms with E-state index in [0.717, 1.165) is 43.1 Å². The Morgan fingerprint density at radius 3 is 2.56 bits per heavy atom. The third-order valence-electron chi connectivity index (χ3n) is 4.58. The van der Waals surface area contributed by atoms with Crippen LogP contribution >= 0.6 is 24.0 Å². The molecule has 27 heavy (non-hydrogen) atoms. The number of hydrogen-bond acceptors (Lipinski definition) is 3. The van der Waals surface area contributed by atoms with Crippen LogP contribution in [0.1, 0.15) is 31.7 Å². The van der Waals surface area contributed by atoms with Crippen LogP contribution in [0.5, 0.6) is 0 Å². The number of anilines is 1. The Labute approximate surface area is 178 Å². The SMILES string of the molecule is CN=C(NCc1cccc(NC(C)=O)c1)N1CCC(CC(=O)NC)CC1.I. The van der Waals surface area contributed by atoms with Gasteiger partial charge in [-0.05, 0) is 36.5 Å². The average Bonchev–Trinajstić information content (AvgIpc) is 2.63. The topological polar surface area (TPSA) is 85.8 Å². The first-order valence-corrected chi connectivity index (χ1v) is 9.04. The highest BCUT2D eigenvalue weighted by Crippen LogP contribution is 2.20. The van der Waals surface area contributed by atoms with Gasteiger partial charge in [-0.1, -0.05) is 12.1 Å². The van der Waals surface area contributed by atoms with Crippen LogP contribution in [0.4, 0.5) is 5.69 Å². The summed E-state index contributed by atoms with van der Waals surface area (Å²) in [6, 6.07) is 7.77. The molecule has 150 valence electrons. The number of likely N-dealkylation sites (tertiary alicyclic amines) is 1. The molecule has 2 amide bonds. The predicted octanol–water partition coefficient (Wildman–Crippen LogP) is 2.19. The van der Waals surface area contributed by atoms with Gasteiger partial charge < -0.3 is 20.9 Å². The quantitative estimate of drug-likeness (QED) is 0.338. The lowest BCUT2D eigenvalue weighted by atomic mass is 9.93. The summed E-state index contributed by atoms with van der Waals surface area (Å²) in [5, 5.41) is 8.88. The zero-order valence-electron chi connectivity index (χ0n) is 16.2.